The molecule has 108 valence electrons. The van der Waals surface area contributed by atoms with Gasteiger partial charge in [0.05, 0.1) is 6.42 Å². The Morgan fingerprint density at radius 3 is 2.32 bits per heavy atom. The quantitative estimate of drug-likeness (QED) is 0.666. The van der Waals surface area contributed by atoms with Crippen LogP contribution >= 0.6 is 11.8 Å². The van der Waals surface area contributed by atoms with Crippen molar-refractivity contribution in [1.82, 2.24) is 10.2 Å². The fraction of sp³-hybridized carbons (Fsp3) is 0.727. The average molecular weight is 289 g/mol. The number of thioether (sulfide) groups is 1. The summed E-state index contributed by atoms with van der Waals surface area (Å²) in [5.41, 5.74) is 4.96. The van der Waals surface area contributed by atoms with Crippen molar-refractivity contribution < 1.29 is 19.5 Å². The average Bonchev–Trinajstić information content (AvgIpc) is 2.25. The Morgan fingerprint density at radius 1 is 1.37 bits per heavy atom. The smallest absolute Gasteiger partial charge is 0.326 e. The Labute approximate surface area is 115 Å². The number of carboxylic acid groups (broad SMARTS) is 1. The minimum atomic E-state index is -1.27. The fourth-order valence-electron chi connectivity index (χ4n) is 1.99. The van der Waals surface area contributed by atoms with Crippen LogP contribution in [0.5, 0.6) is 0 Å². The number of nitrogens with zero attached hydrogens (tertiary/aromatic N) is 1. The number of aliphatic carboxylic acids is 1. The zero-order chi connectivity index (χ0) is 14.6. The summed E-state index contributed by atoms with van der Waals surface area (Å²) < 4.78 is 0. The van der Waals surface area contributed by atoms with Crippen LogP contribution in [0.2, 0.25) is 0 Å². The molecule has 19 heavy (non-hydrogen) atoms. The van der Waals surface area contributed by atoms with Gasteiger partial charge in [-0.05, 0) is 0 Å². The third-order valence-corrected chi connectivity index (χ3v) is 3.94. The van der Waals surface area contributed by atoms with Crippen LogP contribution in [0.4, 0.5) is 4.79 Å². The largest absolute Gasteiger partial charge is 0.480 e. The lowest BCUT2D eigenvalue weighted by Crippen LogP contribution is -2.53. The van der Waals surface area contributed by atoms with E-state index in [1.165, 1.54) is 0 Å². The molecule has 1 aliphatic rings. The van der Waals surface area contributed by atoms with E-state index in [1.807, 2.05) is 13.8 Å². The molecule has 1 heterocycles. The molecule has 8 heteroatoms. The Kier molecular flexibility index (Phi) is 5.46. The molecule has 0 aliphatic carbocycles. The SMILES string of the molecule is CC1CN(C(=O)NC(CC(N)=O)C(=O)O)CC(C)S1. The molecule has 3 amide bonds. The summed E-state index contributed by atoms with van der Waals surface area (Å²) in [4.78, 5) is 35.3. The van der Waals surface area contributed by atoms with Crippen LogP contribution in [0.15, 0.2) is 0 Å². The van der Waals surface area contributed by atoms with E-state index in [-0.39, 0.29) is 0 Å². The topological polar surface area (TPSA) is 113 Å². The first-order valence-corrected chi connectivity index (χ1v) is 6.96. The van der Waals surface area contributed by atoms with E-state index in [0.29, 0.717) is 23.6 Å². The zero-order valence-electron chi connectivity index (χ0n) is 11.0. The number of amides is 3. The number of primary amides is 1. The molecule has 0 aromatic carbocycles. The summed E-state index contributed by atoms with van der Waals surface area (Å²) in [6.45, 7) is 5.14. The van der Waals surface area contributed by atoms with Crippen molar-refractivity contribution in [1.29, 1.82) is 0 Å². The van der Waals surface area contributed by atoms with Gasteiger partial charge in [-0.1, -0.05) is 13.8 Å². The van der Waals surface area contributed by atoms with Gasteiger partial charge in [-0.25, -0.2) is 9.59 Å². The summed E-state index contributed by atoms with van der Waals surface area (Å²) in [6, 6.07) is -1.74. The standard InChI is InChI=1S/C11H19N3O4S/c1-6-4-14(5-7(2)19-6)11(18)13-8(10(16)17)3-9(12)15/h6-8H,3-5H2,1-2H3,(H2,12,15)(H,13,18)(H,16,17). The number of nitrogens with two attached hydrogens (primary N) is 1. The number of hydrogen-bond donors (Lipinski definition) is 3. The second kappa shape index (κ2) is 6.65. The maximum Gasteiger partial charge on any atom is 0.326 e. The molecule has 1 rings (SSSR count). The van der Waals surface area contributed by atoms with Crippen LogP contribution < -0.4 is 11.1 Å². The van der Waals surface area contributed by atoms with Crippen LogP contribution in [0.25, 0.3) is 0 Å². The minimum absolute atomic E-state index is 0.300. The second-order valence-electron chi connectivity index (χ2n) is 4.67. The summed E-state index contributed by atoms with van der Waals surface area (Å²) in [6.07, 6.45) is -0.408. The van der Waals surface area contributed by atoms with Crippen molar-refractivity contribution >= 4 is 29.7 Å². The number of carbonyl (C=O) groups excluding carboxylic acids is 2. The molecule has 4 N–H and O–H groups in total. The molecule has 3 unspecified atom stereocenters. The van der Waals surface area contributed by atoms with Crippen LogP contribution in [0.3, 0.4) is 0 Å². The molecule has 0 radical (unpaired) electrons. The van der Waals surface area contributed by atoms with Crippen LogP contribution in [-0.4, -0.2) is 57.5 Å². The molecular formula is C11H19N3O4S. The molecular weight excluding hydrogens is 270 g/mol. The molecule has 3 atom stereocenters. The first-order chi connectivity index (χ1) is 8.79. The lowest BCUT2D eigenvalue weighted by Gasteiger charge is -2.35. The van der Waals surface area contributed by atoms with Gasteiger partial charge in [-0.2, -0.15) is 11.8 Å². The molecule has 7 nitrogen and oxygen atoms in total. The van der Waals surface area contributed by atoms with Gasteiger partial charge >= 0.3 is 12.0 Å². The van der Waals surface area contributed by atoms with Crippen LogP contribution in [0.1, 0.15) is 20.3 Å². The number of carboxylic acids is 1. The molecule has 1 aliphatic heterocycles. The maximum atomic E-state index is 12.0. The van der Waals surface area contributed by atoms with Crippen LogP contribution in [-0.2, 0) is 9.59 Å². The molecule has 0 aromatic heterocycles. The lowest BCUT2D eigenvalue weighted by atomic mass is 10.2. The predicted octanol–water partition coefficient (Wildman–Crippen LogP) is -0.150. The van der Waals surface area contributed by atoms with E-state index in [0.717, 1.165) is 0 Å². The number of nitrogens with one attached hydrogen (secondary N) is 1. The number of urea groups is 1. The van der Waals surface area contributed by atoms with E-state index in [2.05, 4.69) is 5.32 Å². The van der Waals surface area contributed by atoms with Gasteiger partial charge in [0.25, 0.3) is 0 Å². The van der Waals surface area contributed by atoms with E-state index < -0.39 is 30.4 Å². The highest BCUT2D eigenvalue weighted by molar-refractivity contribution is 8.00. The Morgan fingerprint density at radius 2 is 1.89 bits per heavy atom. The molecule has 0 spiro atoms. The molecule has 1 saturated heterocycles. The summed E-state index contributed by atoms with van der Waals surface area (Å²) >= 11 is 1.79. The fourth-order valence-corrected chi connectivity index (χ4v) is 3.31. The van der Waals surface area contributed by atoms with Crippen molar-refractivity contribution in [2.45, 2.75) is 36.8 Å². The van der Waals surface area contributed by atoms with Crippen molar-refractivity contribution in [3.05, 3.63) is 0 Å². The molecule has 0 bridgehead atoms. The number of rotatable bonds is 4. The van der Waals surface area contributed by atoms with Gasteiger partial charge < -0.3 is 21.1 Å². The van der Waals surface area contributed by atoms with E-state index >= 15 is 0 Å². The molecule has 1 fully saturated rings. The Hall–Kier alpha value is -1.44. The summed E-state index contributed by atoms with van der Waals surface area (Å²) in [5.74, 6) is -2.02. The van der Waals surface area contributed by atoms with Crippen molar-refractivity contribution in [3.63, 3.8) is 0 Å². The normalized spacial score (nSPS) is 24.6. The van der Waals surface area contributed by atoms with Gasteiger partial charge in [0, 0.05) is 23.6 Å². The van der Waals surface area contributed by atoms with E-state index in [9.17, 15) is 14.4 Å². The number of carbonyl (C=O) groups is 3. The van der Waals surface area contributed by atoms with Gasteiger partial charge in [0.1, 0.15) is 6.04 Å². The second-order valence-corrected chi connectivity index (χ2v) is 6.55. The Balaban J connectivity index is 2.61. The molecule has 0 aromatic rings. The highest BCUT2D eigenvalue weighted by Crippen LogP contribution is 2.24. The number of hydrogen-bond acceptors (Lipinski definition) is 4. The van der Waals surface area contributed by atoms with E-state index in [4.69, 9.17) is 10.8 Å². The first-order valence-electron chi connectivity index (χ1n) is 6.01. The van der Waals surface area contributed by atoms with Crippen molar-refractivity contribution in [2.75, 3.05) is 13.1 Å². The van der Waals surface area contributed by atoms with Crippen molar-refractivity contribution in [2.24, 2.45) is 5.73 Å². The van der Waals surface area contributed by atoms with E-state index in [1.54, 1.807) is 16.7 Å². The maximum absolute atomic E-state index is 12.0. The zero-order valence-corrected chi connectivity index (χ0v) is 11.8. The van der Waals surface area contributed by atoms with Crippen molar-refractivity contribution in [3.8, 4) is 0 Å². The highest BCUT2D eigenvalue weighted by Gasteiger charge is 2.29. The first kappa shape index (κ1) is 15.6. The monoisotopic (exact) mass is 289 g/mol. The highest BCUT2D eigenvalue weighted by atomic mass is 32.2. The molecule has 0 saturated carbocycles. The minimum Gasteiger partial charge on any atom is -0.480 e. The van der Waals surface area contributed by atoms with Gasteiger partial charge in [-0.3, -0.25) is 4.79 Å². The third kappa shape index (κ3) is 4.98. The third-order valence-electron chi connectivity index (χ3n) is 2.71. The summed E-state index contributed by atoms with van der Waals surface area (Å²) in [7, 11) is 0. The van der Waals surface area contributed by atoms with Crippen LogP contribution in [0, 0.1) is 0 Å². The predicted molar refractivity (Wildman–Crippen MR) is 71.9 cm³/mol. The van der Waals surface area contributed by atoms with Gasteiger partial charge in [0.2, 0.25) is 5.91 Å². The lowest BCUT2D eigenvalue weighted by molar-refractivity contribution is -0.140. The van der Waals surface area contributed by atoms with Gasteiger partial charge in [-0.15, -0.1) is 0 Å². The summed E-state index contributed by atoms with van der Waals surface area (Å²) in [5, 5.41) is 11.9. The van der Waals surface area contributed by atoms with Gasteiger partial charge in [0.15, 0.2) is 0 Å². The Bertz CT molecular complexity index is 367.